The van der Waals surface area contributed by atoms with Gasteiger partial charge in [-0.3, -0.25) is 0 Å². The Bertz CT molecular complexity index is 341. The summed E-state index contributed by atoms with van der Waals surface area (Å²) in [5.41, 5.74) is 1.52. The highest BCUT2D eigenvalue weighted by atomic mass is 35.5. The molecule has 0 bridgehead atoms. The summed E-state index contributed by atoms with van der Waals surface area (Å²) in [5.74, 6) is 1.29. The predicted octanol–water partition coefficient (Wildman–Crippen LogP) is 2.43. The summed E-state index contributed by atoms with van der Waals surface area (Å²) in [4.78, 5) is 11.2. The van der Waals surface area contributed by atoms with Crippen LogP contribution in [0.25, 0.3) is 0 Å². The SMILES string of the molecule is Cc1cc(CCCCl)c(C)c(=O)o1. The third kappa shape index (κ3) is 2.59. The summed E-state index contributed by atoms with van der Waals surface area (Å²) in [5, 5.41) is 0. The van der Waals surface area contributed by atoms with Crippen molar-refractivity contribution < 1.29 is 4.42 Å². The zero-order valence-electron chi connectivity index (χ0n) is 7.89. The third-order valence-corrected chi connectivity index (χ3v) is 2.27. The molecule has 1 rings (SSSR count). The van der Waals surface area contributed by atoms with Crippen molar-refractivity contribution >= 4 is 11.6 Å². The number of alkyl halides is 1. The first-order valence-corrected chi connectivity index (χ1v) is 4.85. The summed E-state index contributed by atoms with van der Waals surface area (Å²) in [6.45, 7) is 3.57. The van der Waals surface area contributed by atoms with Crippen molar-refractivity contribution in [2.45, 2.75) is 26.7 Å². The molecular formula is C10H13ClO2. The molecule has 13 heavy (non-hydrogen) atoms. The minimum Gasteiger partial charge on any atom is -0.428 e. The molecule has 0 atom stereocenters. The second-order valence-corrected chi connectivity index (χ2v) is 3.47. The van der Waals surface area contributed by atoms with Crippen LogP contribution in [0, 0.1) is 13.8 Å². The van der Waals surface area contributed by atoms with E-state index in [4.69, 9.17) is 16.0 Å². The minimum absolute atomic E-state index is 0.232. The van der Waals surface area contributed by atoms with Crippen LogP contribution in [0.4, 0.5) is 0 Å². The van der Waals surface area contributed by atoms with Crippen LogP contribution < -0.4 is 5.63 Å². The van der Waals surface area contributed by atoms with Gasteiger partial charge in [0, 0.05) is 11.4 Å². The Morgan fingerprint density at radius 2 is 2.15 bits per heavy atom. The van der Waals surface area contributed by atoms with Crippen LogP contribution in [0.5, 0.6) is 0 Å². The van der Waals surface area contributed by atoms with Crippen LogP contribution in [0.1, 0.15) is 23.3 Å². The maximum absolute atomic E-state index is 11.2. The fourth-order valence-electron chi connectivity index (χ4n) is 1.25. The van der Waals surface area contributed by atoms with Gasteiger partial charge in [0.2, 0.25) is 0 Å². The van der Waals surface area contributed by atoms with E-state index in [1.807, 2.05) is 6.07 Å². The van der Waals surface area contributed by atoms with E-state index in [-0.39, 0.29) is 5.63 Å². The summed E-state index contributed by atoms with van der Waals surface area (Å²) in [6, 6.07) is 1.91. The highest BCUT2D eigenvalue weighted by molar-refractivity contribution is 6.17. The number of halogens is 1. The van der Waals surface area contributed by atoms with Gasteiger partial charge in [0.05, 0.1) is 0 Å². The molecule has 3 heteroatoms. The molecular weight excluding hydrogens is 188 g/mol. The number of aryl methyl sites for hydroxylation is 2. The molecule has 0 spiro atoms. The molecule has 0 aliphatic rings. The largest absolute Gasteiger partial charge is 0.428 e. The topological polar surface area (TPSA) is 30.2 Å². The van der Waals surface area contributed by atoms with Gasteiger partial charge in [-0.15, -0.1) is 11.6 Å². The Kier molecular flexibility index (Phi) is 3.55. The maximum atomic E-state index is 11.2. The van der Waals surface area contributed by atoms with Gasteiger partial charge in [0.1, 0.15) is 5.76 Å². The molecule has 0 N–H and O–H groups in total. The molecule has 0 radical (unpaired) electrons. The van der Waals surface area contributed by atoms with Gasteiger partial charge in [-0.2, -0.15) is 0 Å². The van der Waals surface area contributed by atoms with Crippen molar-refractivity contribution in [3.8, 4) is 0 Å². The molecule has 0 amide bonds. The third-order valence-electron chi connectivity index (χ3n) is 2.00. The van der Waals surface area contributed by atoms with Crippen molar-refractivity contribution in [1.29, 1.82) is 0 Å². The minimum atomic E-state index is -0.232. The van der Waals surface area contributed by atoms with E-state index < -0.39 is 0 Å². The van der Waals surface area contributed by atoms with Gasteiger partial charge in [-0.1, -0.05) is 0 Å². The standard InChI is InChI=1S/C10H13ClO2/c1-7-6-9(4-3-5-11)8(2)10(12)13-7/h6H,3-5H2,1-2H3. The van der Waals surface area contributed by atoms with Gasteiger partial charge in [-0.05, 0) is 38.3 Å². The van der Waals surface area contributed by atoms with Crippen LogP contribution in [0.2, 0.25) is 0 Å². The maximum Gasteiger partial charge on any atom is 0.339 e. The Morgan fingerprint density at radius 3 is 2.77 bits per heavy atom. The lowest BCUT2D eigenvalue weighted by molar-refractivity contribution is 0.472. The zero-order valence-corrected chi connectivity index (χ0v) is 8.65. The molecule has 72 valence electrons. The first-order chi connectivity index (χ1) is 6.15. The quantitative estimate of drug-likeness (QED) is 0.702. The monoisotopic (exact) mass is 200 g/mol. The molecule has 0 saturated carbocycles. The molecule has 0 unspecified atom stereocenters. The molecule has 1 aromatic rings. The normalized spacial score (nSPS) is 10.4. The van der Waals surface area contributed by atoms with Crippen molar-refractivity contribution in [1.82, 2.24) is 0 Å². The first-order valence-electron chi connectivity index (χ1n) is 4.31. The van der Waals surface area contributed by atoms with Crippen LogP contribution in [0.3, 0.4) is 0 Å². The summed E-state index contributed by atoms with van der Waals surface area (Å²) in [6.07, 6.45) is 1.74. The number of hydrogen-bond acceptors (Lipinski definition) is 2. The van der Waals surface area contributed by atoms with Gasteiger partial charge in [0.25, 0.3) is 0 Å². The lowest BCUT2D eigenvalue weighted by Crippen LogP contribution is -2.08. The van der Waals surface area contributed by atoms with E-state index in [0.29, 0.717) is 17.2 Å². The van der Waals surface area contributed by atoms with Crippen molar-refractivity contribution in [3.63, 3.8) is 0 Å². The Hall–Kier alpha value is -0.760. The van der Waals surface area contributed by atoms with Crippen molar-refractivity contribution in [3.05, 3.63) is 33.4 Å². The molecule has 2 nitrogen and oxygen atoms in total. The Labute approximate surface area is 82.5 Å². The Morgan fingerprint density at radius 1 is 1.46 bits per heavy atom. The van der Waals surface area contributed by atoms with E-state index >= 15 is 0 Å². The fourth-order valence-corrected chi connectivity index (χ4v) is 1.39. The first kappa shape index (κ1) is 10.3. The molecule has 0 aliphatic carbocycles. The van der Waals surface area contributed by atoms with E-state index in [1.165, 1.54) is 0 Å². The lowest BCUT2D eigenvalue weighted by Gasteiger charge is -2.03. The number of rotatable bonds is 3. The van der Waals surface area contributed by atoms with E-state index in [0.717, 1.165) is 18.4 Å². The van der Waals surface area contributed by atoms with Crippen molar-refractivity contribution in [2.75, 3.05) is 5.88 Å². The van der Waals surface area contributed by atoms with E-state index in [2.05, 4.69) is 0 Å². The molecule has 1 heterocycles. The van der Waals surface area contributed by atoms with Crippen LogP contribution >= 0.6 is 11.6 Å². The summed E-state index contributed by atoms with van der Waals surface area (Å²) in [7, 11) is 0. The van der Waals surface area contributed by atoms with Crippen LogP contribution in [0.15, 0.2) is 15.3 Å². The van der Waals surface area contributed by atoms with Gasteiger partial charge in [-0.25, -0.2) is 4.79 Å². The summed E-state index contributed by atoms with van der Waals surface area (Å²) >= 11 is 5.58. The molecule has 1 aromatic heterocycles. The van der Waals surface area contributed by atoms with Gasteiger partial charge < -0.3 is 4.42 Å². The van der Waals surface area contributed by atoms with E-state index in [9.17, 15) is 4.79 Å². The lowest BCUT2D eigenvalue weighted by atomic mass is 10.1. The average Bonchev–Trinajstić information content (AvgIpc) is 2.09. The smallest absolute Gasteiger partial charge is 0.339 e. The highest BCUT2D eigenvalue weighted by Gasteiger charge is 2.04. The van der Waals surface area contributed by atoms with E-state index in [1.54, 1.807) is 13.8 Å². The average molecular weight is 201 g/mol. The molecule has 0 aliphatic heterocycles. The molecule has 0 fully saturated rings. The van der Waals surface area contributed by atoms with Gasteiger partial charge in [0.15, 0.2) is 0 Å². The molecule has 0 aromatic carbocycles. The fraction of sp³-hybridized carbons (Fsp3) is 0.500. The highest BCUT2D eigenvalue weighted by Crippen LogP contribution is 2.09. The predicted molar refractivity (Wildman–Crippen MR) is 53.5 cm³/mol. The Balaban J connectivity index is 2.99. The second kappa shape index (κ2) is 4.47. The zero-order chi connectivity index (χ0) is 9.84. The van der Waals surface area contributed by atoms with Crippen LogP contribution in [-0.2, 0) is 6.42 Å². The second-order valence-electron chi connectivity index (χ2n) is 3.09. The van der Waals surface area contributed by atoms with Crippen LogP contribution in [-0.4, -0.2) is 5.88 Å². The molecule has 0 saturated heterocycles. The van der Waals surface area contributed by atoms with Gasteiger partial charge >= 0.3 is 5.63 Å². The van der Waals surface area contributed by atoms with Crippen molar-refractivity contribution in [2.24, 2.45) is 0 Å². The summed E-state index contributed by atoms with van der Waals surface area (Å²) < 4.78 is 4.94. The number of hydrogen-bond donors (Lipinski definition) is 0.